The van der Waals surface area contributed by atoms with E-state index in [2.05, 4.69) is 15.6 Å². The van der Waals surface area contributed by atoms with Gasteiger partial charge in [0.15, 0.2) is 0 Å². The number of aliphatic carboxylic acids is 1. The first-order chi connectivity index (χ1) is 17.1. The molecule has 1 amide bonds. The second-order valence-corrected chi connectivity index (χ2v) is 8.92. The number of nitrogens with one attached hydrogen (secondary N) is 2. The average Bonchev–Trinajstić information content (AvgIpc) is 2.83. The molecule has 1 aromatic carbocycles. The number of piperidine rings is 1. The monoisotopic (exact) mass is 535 g/mol. The molecule has 0 saturated carbocycles. The summed E-state index contributed by atoms with van der Waals surface area (Å²) in [5, 5.41) is 13.6. The average molecular weight is 535 g/mol. The number of halogens is 6. The topological polar surface area (TPSA) is 101 Å². The summed E-state index contributed by atoms with van der Waals surface area (Å²) in [7, 11) is 0. The van der Waals surface area contributed by atoms with Crippen molar-refractivity contribution in [3.63, 3.8) is 0 Å². The number of carbonyl (C=O) groups is 2. The summed E-state index contributed by atoms with van der Waals surface area (Å²) < 4.78 is 76.5. The highest BCUT2D eigenvalue weighted by Crippen LogP contribution is 2.35. The van der Waals surface area contributed by atoms with E-state index >= 15 is 0 Å². The number of ether oxygens (including phenoxy) is 1. The van der Waals surface area contributed by atoms with Gasteiger partial charge in [-0.15, -0.1) is 0 Å². The van der Waals surface area contributed by atoms with Crippen LogP contribution in [0.25, 0.3) is 0 Å². The Morgan fingerprint density at radius 3 is 2.27 bits per heavy atom. The Bertz CT molecular complexity index is 1040. The Morgan fingerprint density at radius 1 is 1.08 bits per heavy atom. The molecular weight excluding hydrogens is 508 g/mol. The zero-order valence-corrected chi connectivity index (χ0v) is 20.0. The van der Waals surface area contributed by atoms with Gasteiger partial charge in [0.05, 0.1) is 5.41 Å². The molecule has 0 bridgehead atoms. The highest BCUT2D eigenvalue weighted by Gasteiger charge is 2.39. The molecule has 0 aliphatic carbocycles. The molecule has 0 radical (unpaired) electrons. The molecule has 1 aliphatic rings. The maximum absolute atomic E-state index is 13.1. The molecule has 1 saturated heterocycles. The minimum Gasteiger partial charge on any atom is -0.476 e. The standard InChI is InChI=1S/C22H26F3N3O2.C2HF3O2/c1-21(2,14-30-19-17(22(23,24)25)9-6-11-27-19)20(29)28-18-10-12-26-13-16(18)15-7-4-3-5-8-15;3-2(4,5)1(6)7/h3-9,11,16,18,26H,10,12-14H2,1-2H3,(H,28,29);(H,6,7). The number of amides is 1. The lowest BCUT2D eigenvalue weighted by Crippen LogP contribution is -2.52. The maximum Gasteiger partial charge on any atom is 0.490 e. The molecule has 2 atom stereocenters. The quantitative estimate of drug-likeness (QED) is 0.475. The van der Waals surface area contributed by atoms with Crippen LogP contribution in [-0.4, -0.2) is 53.9 Å². The number of hydrogen-bond acceptors (Lipinski definition) is 5. The molecule has 37 heavy (non-hydrogen) atoms. The van der Waals surface area contributed by atoms with Crippen LogP contribution in [-0.2, 0) is 15.8 Å². The Balaban J connectivity index is 0.000000604. The van der Waals surface area contributed by atoms with E-state index in [1.54, 1.807) is 13.8 Å². The minimum absolute atomic E-state index is 0.0685. The van der Waals surface area contributed by atoms with Gasteiger partial charge in [0.2, 0.25) is 11.8 Å². The van der Waals surface area contributed by atoms with Gasteiger partial charge in [-0.25, -0.2) is 9.78 Å². The fourth-order valence-corrected chi connectivity index (χ4v) is 3.48. The Hall–Kier alpha value is -3.35. The Kier molecular flexibility index (Phi) is 9.90. The van der Waals surface area contributed by atoms with Crippen molar-refractivity contribution < 1.29 is 45.8 Å². The molecular formula is C24H27F6N3O4. The smallest absolute Gasteiger partial charge is 0.476 e. The van der Waals surface area contributed by atoms with Crippen LogP contribution in [0.15, 0.2) is 48.7 Å². The number of carbonyl (C=O) groups excluding carboxylic acids is 1. The van der Waals surface area contributed by atoms with E-state index in [9.17, 15) is 31.1 Å². The largest absolute Gasteiger partial charge is 0.490 e. The van der Waals surface area contributed by atoms with Crippen LogP contribution >= 0.6 is 0 Å². The van der Waals surface area contributed by atoms with Gasteiger partial charge >= 0.3 is 18.3 Å². The number of rotatable bonds is 6. The molecule has 0 spiro atoms. The van der Waals surface area contributed by atoms with E-state index in [1.807, 2.05) is 30.3 Å². The van der Waals surface area contributed by atoms with E-state index in [4.69, 9.17) is 14.6 Å². The zero-order valence-electron chi connectivity index (χ0n) is 20.0. The molecule has 2 heterocycles. The molecule has 1 aliphatic heterocycles. The number of nitrogens with zero attached hydrogens (tertiary/aromatic N) is 1. The predicted octanol–water partition coefficient (Wildman–Crippen LogP) is 4.40. The van der Waals surface area contributed by atoms with E-state index in [1.165, 1.54) is 12.3 Å². The van der Waals surface area contributed by atoms with Crippen molar-refractivity contribution in [1.29, 1.82) is 0 Å². The van der Waals surface area contributed by atoms with Crippen molar-refractivity contribution in [3.8, 4) is 5.88 Å². The number of pyridine rings is 1. The van der Waals surface area contributed by atoms with Gasteiger partial charge in [0.25, 0.3) is 0 Å². The van der Waals surface area contributed by atoms with Gasteiger partial charge < -0.3 is 20.5 Å². The van der Waals surface area contributed by atoms with Crippen molar-refractivity contribution in [2.24, 2.45) is 5.41 Å². The molecule has 3 rings (SSSR count). The second-order valence-electron chi connectivity index (χ2n) is 8.92. The minimum atomic E-state index is -5.08. The van der Waals surface area contributed by atoms with E-state index in [-0.39, 0.29) is 24.5 Å². The van der Waals surface area contributed by atoms with Crippen LogP contribution in [0.2, 0.25) is 0 Å². The molecule has 2 aromatic rings. The van der Waals surface area contributed by atoms with E-state index in [0.29, 0.717) is 0 Å². The van der Waals surface area contributed by atoms with Crippen LogP contribution in [0, 0.1) is 5.41 Å². The van der Waals surface area contributed by atoms with Gasteiger partial charge in [0.1, 0.15) is 12.2 Å². The summed E-state index contributed by atoms with van der Waals surface area (Å²) in [4.78, 5) is 25.5. The summed E-state index contributed by atoms with van der Waals surface area (Å²) in [6.07, 6.45) is -7.66. The number of carboxylic acid groups (broad SMARTS) is 1. The van der Waals surface area contributed by atoms with Crippen LogP contribution in [0.5, 0.6) is 5.88 Å². The van der Waals surface area contributed by atoms with Crippen LogP contribution in [0.1, 0.15) is 37.3 Å². The third kappa shape index (κ3) is 8.92. The van der Waals surface area contributed by atoms with Gasteiger partial charge in [-0.05, 0) is 44.5 Å². The first-order valence-electron chi connectivity index (χ1n) is 11.1. The summed E-state index contributed by atoms with van der Waals surface area (Å²) in [6, 6.07) is 12.0. The molecule has 1 fully saturated rings. The molecule has 3 N–H and O–H groups in total. The first kappa shape index (κ1) is 29.9. The number of benzene rings is 1. The fourth-order valence-electron chi connectivity index (χ4n) is 3.48. The van der Waals surface area contributed by atoms with Crippen molar-refractivity contribution in [2.75, 3.05) is 19.7 Å². The lowest BCUT2D eigenvalue weighted by atomic mass is 9.85. The van der Waals surface area contributed by atoms with Gasteiger partial charge in [-0.1, -0.05) is 30.3 Å². The third-order valence-electron chi connectivity index (χ3n) is 5.53. The number of aromatic nitrogens is 1. The summed E-state index contributed by atoms with van der Waals surface area (Å²) >= 11 is 0. The Morgan fingerprint density at radius 2 is 1.70 bits per heavy atom. The van der Waals surface area contributed by atoms with Gasteiger partial charge in [0, 0.05) is 24.7 Å². The zero-order chi connectivity index (χ0) is 27.9. The van der Waals surface area contributed by atoms with Crippen molar-refractivity contribution in [2.45, 2.75) is 44.6 Å². The number of hydrogen-bond donors (Lipinski definition) is 3. The molecule has 1 aromatic heterocycles. The fraction of sp³-hybridized carbons (Fsp3) is 0.458. The van der Waals surface area contributed by atoms with Gasteiger partial charge in [-0.2, -0.15) is 26.3 Å². The van der Waals surface area contributed by atoms with E-state index in [0.717, 1.165) is 31.1 Å². The summed E-state index contributed by atoms with van der Waals surface area (Å²) in [5.74, 6) is -3.42. The second kappa shape index (κ2) is 12.3. The highest BCUT2D eigenvalue weighted by molar-refractivity contribution is 5.82. The Labute approximate surface area is 209 Å². The van der Waals surface area contributed by atoms with Crippen LogP contribution in [0.3, 0.4) is 0 Å². The number of alkyl halides is 6. The molecule has 7 nitrogen and oxygen atoms in total. The van der Waals surface area contributed by atoms with Crippen LogP contribution < -0.4 is 15.4 Å². The normalized spacial score (nSPS) is 18.3. The third-order valence-corrected chi connectivity index (χ3v) is 5.53. The first-order valence-corrected chi connectivity index (χ1v) is 11.1. The van der Waals surface area contributed by atoms with Crippen LogP contribution in [0.4, 0.5) is 26.3 Å². The lowest BCUT2D eigenvalue weighted by molar-refractivity contribution is -0.192. The summed E-state index contributed by atoms with van der Waals surface area (Å²) in [6.45, 7) is 4.61. The lowest BCUT2D eigenvalue weighted by Gasteiger charge is -2.35. The predicted molar refractivity (Wildman–Crippen MR) is 121 cm³/mol. The van der Waals surface area contributed by atoms with Crippen molar-refractivity contribution in [1.82, 2.24) is 15.6 Å². The molecule has 204 valence electrons. The maximum atomic E-state index is 13.1. The van der Waals surface area contributed by atoms with Crippen molar-refractivity contribution in [3.05, 3.63) is 59.8 Å². The number of carboxylic acids is 1. The van der Waals surface area contributed by atoms with E-state index < -0.39 is 35.2 Å². The molecule has 13 heteroatoms. The summed E-state index contributed by atoms with van der Waals surface area (Å²) in [5.41, 5.74) is -0.858. The SMILES string of the molecule is CC(C)(COc1ncccc1C(F)(F)F)C(=O)NC1CCNCC1c1ccccc1.O=C(O)C(F)(F)F. The van der Waals surface area contributed by atoms with Crippen molar-refractivity contribution >= 4 is 11.9 Å². The van der Waals surface area contributed by atoms with Gasteiger partial charge in [-0.3, -0.25) is 4.79 Å². The highest BCUT2D eigenvalue weighted by atomic mass is 19.4. The molecule has 2 unspecified atom stereocenters.